The Hall–Kier alpha value is -3.75. The largest absolute Gasteiger partial charge is 0.508 e. The number of carboxylic acid groups (broad SMARTS) is 1. The van der Waals surface area contributed by atoms with Crippen molar-refractivity contribution in [3.63, 3.8) is 0 Å². The molecule has 0 fully saturated rings. The molecular weight excluding hydrogens is 488 g/mol. The van der Waals surface area contributed by atoms with Crippen LogP contribution < -0.4 is 33.2 Å². The van der Waals surface area contributed by atoms with E-state index in [9.17, 15) is 39.3 Å². The van der Waals surface area contributed by atoms with Crippen LogP contribution in [0.25, 0.3) is 0 Å². The molecule has 0 saturated heterocycles. The molecule has 0 saturated carbocycles. The average Bonchev–Trinajstić information content (AvgIpc) is 2.85. The van der Waals surface area contributed by atoms with Crippen LogP contribution in [-0.2, 0) is 30.4 Å². The second-order valence-corrected chi connectivity index (χ2v) is 8.47. The highest BCUT2D eigenvalue weighted by Crippen LogP contribution is 2.12. The SMILES string of the molecule is NCCCCC(NC(=O)C(N)CCC(N)=O)C(=O)NC(CO)C(=O)NC(Cc1ccc(O)cc1)C(=O)O. The van der Waals surface area contributed by atoms with Crippen LogP contribution in [0.5, 0.6) is 5.75 Å². The molecular formula is C23H36N6O8. The number of hydrogen-bond acceptors (Lipinski definition) is 9. The van der Waals surface area contributed by atoms with Crippen LogP contribution in [0.3, 0.4) is 0 Å². The molecule has 4 atom stereocenters. The minimum atomic E-state index is -1.51. The molecule has 0 bridgehead atoms. The summed E-state index contributed by atoms with van der Waals surface area (Å²) in [5.41, 5.74) is 16.8. The first-order valence-corrected chi connectivity index (χ1v) is 11.7. The van der Waals surface area contributed by atoms with Gasteiger partial charge in [-0.05, 0) is 49.9 Å². The fraction of sp³-hybridized carbons (Fsp3) is 0.522. The Labute approximate surface area is 213 Å². The molecule has 0 spiro atoms. The number of aliphatic hydroxyl groups is 1. The van der Waals surface area contributed by atoms with Crippen LogP contribution in [0.15, 0.2) is 24.3 Å². The van der Waals surface area contributed by atoms with E-state index in [1.165, 1.54) is 24.3 Å². The van der Waals surface area contributed by atoms with Gasteiger partial charge in [0.15, 0.2) is 0 Å². The van der Waals surface area contributed by atoms with Gasteiger partial charge in [-0.3, -0.25) is 19.2 Å². The van der Waals surface area contributed by atoms with Gasteiger partial charge in [0.25, 0.3) is 0 Å². The minimum absolute atomic E-state index is 0.00958. The highest BCUT2D eigenvalue weighted by atomic mass is 16.4. The van der Waals surface area contributed by atoms with Crippen LogP contribution in [0, 0.1) is 0 Å². The molecule has 14 heteroatoms. The van der Waals surface area contributed by atoms with E-state index < -0.39 is 60.4 Å². The van der Waals surface area contributed by atoms with Crippen molar-refractivity contribution in [3.05, 3.63) is 29.8 Å². The first-order chi connectivity index (χ1) is 17.5. The zero-order valence-corrected chi connectivity index (χ0v) is 20.4. The number of carboxylic acids is 1. The highest BCUT2D eigenvalue weighted by molar-refractivity contribution is 5.94. The number of phenols is 1. The topological polar surface area (TPSA) is 260 Å². The van der Waals surface area contributed by atoms with Crippen molar-refractivity contribution < 1.29 is 39.3 Å². The number of nitrogens with one attached hydrogen (secondary N) is 3. The molecule has 0 heterocycles. The highest BCUT2D eigenvalue weighted by Gasteiger charge is 2.30. The number of nitrogens with two attached hydrogens (primary N) is 3. The molecule has 0 aromatic heterocycles. The fourth-order valence-electron chi connectivity index (χ4n) is 3.28. The number of primary amides is 1. The Balaban J connectivity index is 2.87. The molecule has 0 aliphatic rings. The van der Waals surface area contributed by atoms with E-state index in [2.05, 4.69) is 16.0 Å². The Morgan fingerprint density at radius 3 is 1.95 bits per heavy atom. The van der Waals surface area contributed by atoms with Gasteiger partial charge in [-0.15, -0.1) is 0 Å². The van der Waals surface area contributed by atoms with Gasteiger partial charge in [0.1, 0.15) is 23.9 Å². The van der Waals surface area contributed by atoms with Gasteiger partial charge in [-0.25, -0.2) is 4.79 Å². The Morgan fingerprint density at radius 1 is 0.838 bits per heavy atom. The zero-order chi connectivity index (χ0) is 28.0. The van der Waals surface area contributed by atoms with E-state index in [1.54, 1.807) is 0 Å². The molecule has 1 aromatic carbocycles. The average molecular weight is 525 g/mol. The number of aliphatic hydroxyl groups excluding tert-OH is 1. The van der Waals surface area contributed by atoms with E-state index in [-0.39, 0.29) is 31.4 Å². The maximum absolute atomic E-state index is 12.9. The van der Waals surface area contributed by atoms with E-state index in [4.69, 9.17) is 17.2 Å². The Kier molecular flexibility index (Phi) is 13.6. The summed E-state index contributed by atoms with van der Waals surface area (Å²) in [6.45, 7) is -0.496. The van der Waals surface area contributed by atoms with Crippen molar-refractivity contribution in [2.75, 3.05) is 13.2 Å². The lowest BCUT2D eigenvalue weighted by Gasteiger charge is -2.24. The van der Waals surface area contributed by atoms with Crippen molar-refractivity contribution in [2.45, 2.75) is 62.7 Å². The second kappa shape index (κ2) is 16.1. The van der Waals surface area contributed by atoms with Crippen LogP contribution in [0.4, 0.5) is 0 Å². The number of rotatable bonds is 17. The predicted octanol–water partition coefficient (Wildman–Crippen LogP) is -2.81. The standard InChI is InChI=1S/C23H36N6O8/c24-10-2-1-3-16(27-20(33)15(25)8-9-19(26)32)21(34)29-18(12-30)22(35)28-17(23(36)37)11-13-4-6-14(31)7-5-13/h4-7,15-18,30-31H,1-3,8-12,24-25H2,(H2,26,32)(H,27,33)(H,28,35)(H,29,34)(H,36,37). The van der Waals surface area contributed by atoms with E-state index in [1.807, 2.05) is 0 Å². The predicted molar refractivity (Wildman–Crippen MR) is 132 cm³/mol. The Bertz CT molecular complexity index is 926. The second-order valence-electron chi connectivity index (χ2n) is 8.47. The van der Waals surface area contributed by atoms with Crippen molar-refractivity contribution in [2.24, 2.45) is 17.2 Å². The number of phenolic OH excluding ortho intramolecular Hbond substituents is 1. The maximum atomic E-state index is 12.9. The summed E-state index contributed by atoms with van der Waals surface area (Å²) >= 11 is 0. The molecule has 4 unspecified atom stereocenters. The maximum Gasteiger partial charge on any atom is 0.326 e. The van der Waals surface area contributed by atoms with Gasteiger partial charge in [-0.2, -0.15) is 0 Å². The molecule has 12 N–H and O–H groups in total. The fourth-order valence-corrected chi connectivity index (χ4v) is 3.28. The third-order valence-corrected chi connectivity index (χ3v) is 5.42. The van der Waals surface area contributed by atoms with Crippen LogP contribution in [0.1, 0.15) is 37.7 Å². The summed E-state index contributed by atoms with van der Waals surface area (Å²) in [7, 11) is 0. The lowest BCUT2D eigenvalue weighted by atomic mass is 10.0. The monoisotopic (exact) mass is 524 g/mol. The normalized spacial score (nSPS) is 14.0. The number of benzene rings is 1. The lowest BCUT2D eigenvalue weighted by Crippen LogP contribution is -2.58. The summed E-state index contributed by atoms with van der Waals surface area (Å²) in [6.07, 6.45) is 0.881. The van der Waals surface area contributed by atoms with Crippen LogP contribution in [0.2, 0.25) is 0 Å². The molecule has 37 heavy (non-hydrogen) atoms. The zero-order valence-electron chi connectivity index (χ0n) is 20.4. The lowest BCUT2D eigenvalue weighted by molar-refractivity contribution is -0.142. The molecule has 0 aliphatic heterocycles. The number of unbranched alkanes of at least 4 members (excludes halogenated alkanes) is 1. The third kappa shape index (κ3) is 11.7. The number of aromatic hydroxyl groups is 1. The van der Waals surface area contributed by atoms with E-state index in [0.29, 0.717) is 24.9 Å². The first-order valence-electron chi connectivity index (χ1n) is 11.7. The quantitative estimate of drug-likeness (QED) is 0.0944. The minimum Gasteiger partial charge on any atom is -0.508 e. The molecule has 14 nitrogen and oxygen atoms in total. The van der Waals surface area contributed by atoms with Crippen molar-refractivity contribution in [1.82, 2.24) is 16.0 Å². The van der Waals surface area contributed by atoms with Crippen molar-refractivity contribution in [3.8, 4) is 5.75 Å². The van der Waals surface area contributed by atoms with Gasteiger partial charge >= 0.3 is 5.97 Å². The van der Waals surface area contributed by atoms with Crippen LogP contribution in [-0.4, -0.2) is 82.2 Å². The summed E-state index contributed by atoms with van der Waals surface area (Å²) in [4.78, 5) is 60.6. The molecule has 1 aromatic rings. The molecule has 206 valence electrons. The third-order valence-electron chi connectivity index (χ3n) is 5.42. The summed E-state index contributed by atoms with van der Waals surface area (Å²) in [5.74, 6) is -4.45. The van der Waals surface area contributed by atoms with Crippen LogP contribution >= 0.6 is 0 Å². The molecule has 0 radical (unpaired) electrons. The Morgan fingerprint density at radius 2 is 1.41 bits per heavy atom. The first kappa shape index (κ1) is 31.3. The summed E-state index contributed by atoms with van der Waals surface area (Å²) in [5, 5.41) is 35.6. The number of amides is 4. The number of carbonyl (C=O) groups excluding carboxylic acids is 4. The number of aliphatic carboxylic acids is 1. The number of hydrogen-bond donors (Lipinski definition) is 9. The molecule has 1 rings (SSSR count). The molecule has 0 aliphatic carbocycles. The summed E-state index contributed by atoms with van der Waals surface area (Å²) in [6, 6.07) is 0.588. The van der Waals surface area contributed by atoms with Crippen molar-refractivity contribution in [1.29, 1.82) is 0 Å². The summed E-state index contributed by atoms with van der Waals surface area (Å²) < 4.78 is 0. The van der Waals surface area contributed by atoms with E-state index in [0.717, 1.165) is 0 Å². The van der Waals surface area contributed by atoms with Gasteiger partial charge in [0, 0.05) is 12.8 Å². The van der Waals surface area contributed by atoms with Gasteiger partial charge in [0.05, 0.1) is 12.6 Å². The molecule has 4 amide bonds. The van der Waals surface area contributed by atoms with Gasteiger partial charge in [0.2, 0.25) is 23.6 Å². The smallest absolute Gasteiger partial charge is 0.326 e. The number of carbonyl (C=O) groups is 5. The van der Waals surface area contributed by atoms with Gasteiger partial charge < -0.3 is 48.5 Å². The van der Waals surface area contributed by atoms with Gasteiger partial charge in [-0.1, -0.05) is 12.1 Å². The van der Waals surface area contributed by atoms with Crippen molar-refractivity contribution >= 4 is 29.6 Å². The van der Waals surface area contributed by atoms with E-state index >= 15 is 0 Å².